The van der Waals surface area contributed by atoms with Gasteiger partial charge in [0.2, 0.25) is 5.91 Å². The van der Waals surface area contributed by atoms with Gasteiger partial charge >= 0.3 is 0 Å². The van der Waals surface area contributed by atoms with E-state index in [1.165, 1.54) is 19.3 Å². The Balaban J connectivity index is 1.60. The van der Waals surface area contributed by atoms with Gasteiger partial charge in [0.1, 0.15) is 0 Å². The van der Waals surface area contributed by atoms with Crippen molar-refractivity contribution in [2.45, 2.75) is 38.6 Å². The van der Waals surface area contributed by atoms with Crippen LogP contribution in [0.25, 0.3) is 0 Å². The number of amides is 2. The summed E-state index contributed by atoms with van der Waals surface area (Å²) in [5.74, 6) is 0.559. The molecule has 1 saturated heterocycles. The Bertz CT molecular complexity index is 847. The molecular formula is C21H25N5O2. The normalized spacial score (nSPS) is 17.4. The lowest BCUT2D eigenvalue weighted by molar-refractivity contribution is -0.117. The summed E-state index contributed by atoms with van der Waals surface area (Å²) in [5.41, 5.74) is 1.96. The van der Waals surface area contributed by atoms with Crippen molar-refractivity contribution in [3.8, 4) is 0 Å². The Labute approximate surface area is 164 Å². The Kier molecular flexibility index (Phi) is 5.50. The van der Waals surface area contributed by atoms with E-state index in [-0.39, 0.29) is 18.4 Å². The topological polar surface area (TPSA) is 78.4 Å². The van der Waals surface area contributed by atoms with E-state index in [2.05, 4.69) is 15.3 Å². The molecule has 2 aromatic rings. The van der Waals surface area contributed by atoms with Gasteiger partial charge in [0.15, 0.2) is 5.82 Å². The molecule has 0 aliphatic carbocycles. The molecule has 4 rings (SSSR count). The summed E-state index contributed by atoms with van der Waals surface area (Å²) in [6.45, 7) is 2.11. The lowest BCUT2D eigenvalue weighted by Gasteiger charge is -2.30. The zero-order valence-corrected chi connectivity index (χ0v) is 15.9. The van der Waals surface area contributed by atoms with E-state index in [0.717, 1.165) is 31.6 Å². The highest BCUT2D eigenvalue weighted by Crippen LogP contribution is 2.30. The molecule has 0 spiro atoms. The van der Waals surface area contributed by atoms with Gasteiger partial charge in [0.25, 0.3) is 5.91 Å². The van der Waals surface area contributed by atoms with Crippen LogP contribution in [0.4, 0.5) is 11.5 Å². The Morgan fingerprint density at radius 2 is 1.86 bits per heavy atom. The minimum absolute atomic E-state index is 0.00647. The summed E-state index contributed by atoms with van der Waals surface area (Å²) in [5, 5.41) is 3.04. The fourth-order valence-electron chi connectivity index (χ4n) is 3.76. The standard InChI is InChI=1S/C21H25N5O2/c27-19-14-24-20-18(26(19)15-17-8-4-5-9-22-17)12-16(13-23-20)21(28)25-10-6-2-1-3-7-11-25/h4-5,8-9,12-13H,1-3,6-7,10-11,14-15H2,(H,23,24). The van der Waals surface area contributed by atoms with Crippen LogP contribution >= 0.6 is 0 Å². The van der Waals surface area contributed by atoms with Crippen molar-refractivity contribution >= 4 is 23.3 Å². The van der Waals surface area contributed by atoms with Crippen LogP contribution < -0.4 is 10.2 Å². The lowest BCUT2D eigenvalue weighted by Crippen LogP contribution is -2.40. The van der Waals surface area contributed by atoms with E-state index >= 15 is 0 Å². The van der Waals surface area contributed by atoms with Gasteiger partial charge in [-0.1, -0.05) is 25.3 Å². The zero-order chi connectivity index (χ0) is 19.3. The molecule has 7 nitrogen and oxygen atoms in total. The number of aromatic nitrogens is 2. The van der Waals surface area contributed by atoms with Gasteiger partial charge in [0.05, 0.1) is 30.0 Å². The van der Waals surface area contributed by atoms with Crippen molar-refractivity contribution < 1.29 is 9.59 Å². The predicted molar refractivity (Wildman–Crippen MR) is 107 cm³/mol. The number of pyridine rings is 2. The van der Waals surface area contributed by atoms with Gasteiger partial charge in [-0.2, -0.15) is 0 Å². The molecule has 0 radical (unpaired) electrons. The third kappa shape index (κ3) is 3.98. The van der Waals surface area contributed by atoms with Crippen molar-refractivity contribution in [1.82, 2.24) is 14.9 Å². The average Bonchev–Trinajstić information content (AvgIpc) is 2.70. The van der Waals surface area contributed by atoms with E-state index in [9.17, 15) is 9.59 Å². The van der Waals surface area contributed by atoms with Crippen LogP contribution in [0.1, 0.15) is 48.2 Å². The number of nitrogens with one attached hydrogen (secondary N) is 1. The van der Waals surface area contributed by atoms with E-state index < -0.39 is 0 Å². The number of anilines is 2. The van der Waals surface area contributed by atoms with Crippen LogP contribution in [0.2, 0.25) is 0 Å². The van der Waals surface area contributed by atoms with Crippen LogP contribution in [0.15, 0.2) is 36.7 Å². The van der Waals surface area contributed by atoms with Gasteiger partial charge in [-0.25, -0.2) is 4.98 Å². The number of nitrogens with zero attached hydrogens (tertiary/aromatic N) is 4. The van der Waals surface area contributed by atoms with E-state index in [1.54, 1.807) is 23.4 Å². The van der Waals surface area contributed by atoms with Gasteiger partial charge in [-0.15, -0.1) is 0 Å². The SMILES string of the molecule is O=C(c1cnc2c(c1)N(Cc1ccccn1)C(=O)CN2)N1CCCCCCC1. The van der Waals surface area contributed by atoms with E-state index in [4.69, 9.17) is 0 Å². The number of hydrogen-bond donors (Lipinski definition) is 1. The zero-order valence-electron chi connectivity index (χ0n) is 15.9. The van der Waals surface area contributed by atoms with Crippen LogP contribution in [-0.2, 0) is 11.3 Å². The highest BCUT2D eigenvalue weighted by Gasteiger charge is 2.27. The number of fused-ring (bicyclic) bond motifs is 1. The van der Waals surface area contributed by atoms with Crippen molar-refractivity contribution in [3.05, 3.63) is 47.9 Å². The Hall–Kier alpha value is -2.96. The second-order valence-corrected chi connectivity index (χ2v) is 7.31. The molecule has 2 amide bonds. The van der Waals surface area contributed by atoms with E-state index in [1.807, 2.05) is 23.1 Å². The van der Waals surface area contributed by atoms with Crippen LogP contribution in [0.3, 0.4) is 0 Å². The molecule has 0 unspecified atom stereocenters. The molecule has 28 heavy (non-hydrogen) atoms. The first-order chi connectivity index (χ1) is 13.7. The molecule has 2 aliphatic rings. The summed E-state index contributed by atoms with van der Waals surface area (Å²) in [7, 11) is 0. The van der Waals surface area contributed by atoms with Crippen molar-refractivity contribution in [2.75, 3.05) is 29.9 Å². The molecule has 1 N–H and O–H groups in total. The quantitative estimate of drug-likeness (QED) is 0.887. The maximum atomic E-state index is 13.0. The average molecular weight is 379 g/mol. The van der Waals surface area contributed by atoms with Crippen LogP contribution in [-0.4, -0.2) is 46.3 Å². The molecular weight excluding hydrogens is 354 g/mol. The third-order valence-electron chi connectivity index (χ3n) is 5.30. The fourth-order valence-corrected chi connectivity index (χ4v) is 3.76. The molecule has 146 valence electrons. The predicted octanol–water partition coefficient (Wildman–Crippen LogP) is 2.84. The minimum atomic E-state index is -0.0594. The Morgan fingerprint density at radius 1 is 1.07 bits per heavy atom. The molecule has 0 bridgehead atoms. The van der Waals surface area contributed by atoms with Crippen molar-refractivity contribution in [1.29, 1.82) is 0 Å². The lowest BCUT2D eigenvalue weighted by atomic mass is 10.1. The summed E-state index contributed by atoms with van der Waals surface area (Å²) < 4.78 is 0. The smallest absolute Gasteiger partial charge is 0.255 e. The molecule has 0 atom stereocenters. The maximum absolute atomic E-state index is 13.0. The van der Waals surface area contributed by atoms with Crippen molar-refractivity contribution in [3.63, 3.8) is 0 Å². The minimum Gasteiger partial charge on any atom is -0.359 e. The van der Waals surface area contributed by atoms with Gasteiger partial charge < -0.3 is 15.1 Å². The van der Waals surface area contributed by atoms with Crippen molar-refractivity contribution in [2.24, 2.45) is 0 Å². The summed E-state index contributed by atoms with van der Waals surface area (Å²) >= 11 is 0. The first kappa shape index (κ1) is 18.4. The highest BCUT2D eigenvalue weighted by molar-refractivity contribution is 6.04. The first-order valence-electron chi connectivity index (χ1n) is 9.96. The summed E-state index contributed by atoms with van der Waals surface area (Å²) in [6.07, 6.45) is 8.99. The number of rotatable bonds is 3. The molecule has 2 aliphatic heterocycles. The molecule has 1 fully saturated rings. The van der Waals surface area contributed by atoms with E-state index in [0.29, 0.717) is 23.6 Å². The second kappa shape index (κ2) is 8.37. The number of hydrogen-bond acceptors (Lipinski definition) is 5. The number of carbonyl (C=O) groups is 2. The summed E-state index contributed by atoms with van der Waals surface area (Å²) in [6, 6.07) is 7.42. The largest absolute Gasteiger partial charge is 0.359 e. The van der Waals surface area contributed by atoms with Crippen LogP contribution in [0, 0.1) is 0 Å². The highest BCUT2D eigenvalue weighted by atomic mass is 16.2. The molecule has 0 aromatic carbocycles. The Morgan fingerprint density at radius 3 is 2.61 bits per heavy atom. The molecule has 7 heteroatoms. The summed E-state index contributed by atoms with van der Waals surface area (Å²) in [4.78, 5) is 37.9. The fraction of sp³-hybridized carbons (Fsp3) is 0.429. The van der Waals surface area contributed by atoms with Gasteiger partial charge in [0, 0.05) is 25.5 Å². The second-order valence-electron chi connectivity index (χ2n) is 7.31. The monoisotopic (exact) mass is 379 g/mol. The van der Waals surface area contributed by atoms with Crippen LogP contribution in [0.5, 0.6) is 0 Å². The number of carbonyl (C=O) groups excluding carboxylic acids is 2. The molecule has 4 heterocycles. The number of likely N-dealkylation sites (tertiary alicyclic amines) is 1. The third-order valence-corrected chi connectivity index (χ3v) is 5.30. The first-order valence-corrected chi connectivity index (χ1v) is 9.96. The van der Waals surface area contributed by atoms with Gasteiger partial charge in [-0.05, 0) is 31.0 Å². The maximum Gasteiger partial charge on any atom is 0.255 e. The molecule has 0 saturated carbocycles. The molecule has 2 aromatic heterocycles. The van der Waals surface area contributed by atoms with Gasteiger partial charge in [-0.3, -0.25) is 14.6 Å².